The average molecular weight is 195 g/mol. The fourth-order valence-corrected chi connectivity index (χ4v) is 1.79. The van der Waals surface area contributed by atoms with Crippen LogP contribution in [0, 0.1) is 0 Å². The zero-order valence-electron chi connectivity index (χ0n) is 8.57. The second-order valence-corrected chi connectivity index (χ2v) is 3.74. The van der Waals surface area contributed by atoms with Gasteiger partial charge in [0.25, 0.3) is 0 Å². The minimum Gasteiger partial charge on any atom is -0.377 e. The molecule has 0 spiro atoms. The summed E-state index contributed by atoms with van der Waals surface area (Å²) < 4.78 is 7.43. The third kappa shape index (κ3) is 1.81. The molecule has 0 bridgehead atoms. The smallest absolute Gasteiger partial charge is 0.135 e. The molecule has 2 N–H and O–H groups in total. The molecule has 0 radical (unpaired) electrons. The van der Waals surface area contributed by atoms with Crippen molar-refractivity contribution in [3.8, 4) is 0 Å². The number of imidazole rings is 1. The maximum Gasteiger partial charge on any atom is 0.135 e. The monoisotopic (exact) mass is 195 g/mol. The van der Waals surface area contributed by atoms with Gasteiger partial charge in [-0.25, -0.2) is 4.98 Å². The third-order valence-electron chi connectivity index (χ3n) is 2.54. The normalized spacial score (nSPS) is 16.1. The van der Waals surface area contributed by atoms with Crippen LogP contribution in [-0.2, 0) is 17.8 Å². The quantitative estimate of drug-likeness (QED) is 0.758. The summed E-state index contributed by atoms with van der Waals surface area (Å²) in [5, 5.41) is 0. The molecule has 4 heteroatoms. The number of methoxy groups -OCH3 is 1. The van der Waals surface area contributed by atoms with Gasteiger partial charge in [0.15, 0.2) is 0 Å². The number of nitrogens with zero attached hydrogens (tertiary/aromatic N) is 2. The van der Waals surface area contributed by atoms with Gasteiger partial charge in [0, 0.05) is 31.5 Å². The Labute approximate surface area is 84.1 Å². The van der Waals surface area contributed by atoms with Gasteiger partial charge in [0.2, 0.25) is 0 Å². The molecule has 0 aliphatic heterocycles. The fraction of sp³-hybridized carbons (Fsp3) is 0.700. The molecule has 2 rings (SSSR count). The zero-order valence-corrected chi connectivity index (χ0v) is 8.57. The van der Waals surface area contributed by atoms with Gasteiger partial charge in [-0.1, -0.05) is 0 Å². The molecule has 1 fully saturated rings. The molecule has 78 valence electrons. The molecule has 1 heterocycles. The Morgan fingerprint density at radius 1 is 1.64 bits per heavy atom. The predicted octanol–water partition coefficient (Wildman–Crippen LogP) is 0.866. The van der Waals surface area contributed by atoms with Crippen molar-refractivity contribution in [3.63, 3.8) is 0 Å². The van der Waals surface area contributed by atoms with Crippen molar-refractivity contribution in [1.82, 2.24) is 9.55 Å². The average Bonchev–Trinajstić information content (AvgIpc) is 2.93. The maximum absolute atomic E-state index is 5.56. The molecular formula is C10H17N3O. The highest BCUT2D eigenvalue weighted by Gasteiger charge is 2.27. The Morgan fingerprint density at radius 3 is 3.00 bits per heavy atom. The van der Waals surface area contributed by atoms with Gasteiger partial charge in [0.1, 0.15) is 12.4 Å². The minimum atomic E-state index is 0.598. The van der Waals surface area contributed by atoms with E-state index in [4.69, 9.17) is 10.5 Å². The molecular weight excluding hydrogens is 178 g/mol. The van der Waals surface area contributed by atoms with Crippen LogP contribution in [0.15, 0.2) is 6.20 Å². The van der Waals surface area contributed by atoms with Crippen molar-refractivity contribution in [2.24, 2.45) is 5.73 Å². The summed E-state index contributed by atoms with van der Waals surface area (Å²) in [6.07, 6.45) is 5.38. The van der Waals surface area contributed by atoms with Gasteiger partial charge in [0.05, 0.1) is 0 Å². The lowest BCUT2D eigenvalue weighted by Gasteiger charge is -2.09. The molecule has 4 nitrogen and oxygen atoms in total. The van der Waals surface area contributed by atoms with Gasteiger partial charge in [-0.3, -0.25) is 0 Å². The number of aromatic nitrogens is 2. The molecule has 0 aromatic carbocycles. The Morgan fingerprint density at radius 2 is 2.43 bits per heavy atom. The minimum absolute atomic E-state index is 0.598. The van der Waals surface area contributed by atoms with Gasteiger partial charge in [-0.15, -0.1) is 0 Å². The van der Waals surface area contributed by atoms with Crippen LogP contribution in [0.2, 0.25) is 0 Å². The molecule has 1 aromatic rings. The topological polar surface area (TPSA) is 53.1 Å². The Hall–Kier alpha value is -0.870. The predicted molar refractivity (Wildman–Crippen MR) is 54.0 cm³/mol. The molecule has 0 unspecified atom stereocenters. The lowest BCUT2D eigenvalue weighted by atomic mass is 10.3. The number of ether oxygens (including phenoxy) is 1. The van der Waals surface area contributed by atoms with Crippen LogP contribution >= 0.6 is 0 Å². The van der Waals surface area contributed by atoms with E-state index < -0.39 is 0 Å². The van der Waals surface area contributed by atoms with Crippen molar-refractivity contribution in [1.29, 1.82) is 0 Å². The summed E-state index contributed by atoms with van der Waals surface area (Å²) in [5.74, 6) is 1.04. The first-order valence-corrected chi connectivity index (χ1v) is 5.10. The summed E-state index contributed by atoms with van der Waals surface area (Å²) in [6, 6.07) is 0.657. The molecule has 1 saturated carbocycles. The van der Waals surface area contributed by atoms with Gasteiger partial charge >= 0.3 is 0 Å². The molecule has 1 aliphatic rings. The van der Waals surface area contributed by atoms with E-state index >= 15 is 0 Å². The van der Waals surface area contributed by atoms with E-state index in [-0.39, 0.29) is 0 Å². The van der Waals surface area contributed by atoms with E-state index in [2.05, 4.69) is 9.55 Å². The van der Waals surface area contributed by atoms with E-state index in [0.29, 0.717) is 19.2 Å². The first-order valence-electron chi connectivity index (χ1n) is 5.10. The van der Waals surface area contributed by atoms with Crippen molar-refractivity contribution >= 4 is 0 Å². The van der Waals surface area contributed by atoms with Crippen molar-refractivity contribution in [3.05, 3.63) is 17.7 Å². The van der Waals surface area contributed by atoms with E-state index in [1.807, 2.05) is 6.20 Å². The number of hydrogen-bond donors (Lipinski definition) is 1. The van der Waals surface area contributed by atoms with E-state index in [1.165, 1.54) is 18.5 Å². The Balaban J connectivity index is 2.22. The molecule has 1 aromatic heterocycles. The largest absolute Gasteiger partial charge is 0.377 e. The Bertz CT molecular complexity index is 281. The first kappa shape index (κ1) is 9.68. The first-order chi connectivity index (χ1) is 6.86. The van der Waals surface area contributed by atoms with Crippen LogP contribution < -0.4 is 5.73 Å². The van der Waals surface area contributed by atoms with Crippen LogP contribution in [-0.4, -0.2) is 23.2 Å². The zero-order chi connectivity index (χ0) is 9.97. The molecule has 0 amide bonds. The molecule has 1 aliphatic carbocycles. The van der Waals surface area contributed by atoms with Crippen LogP contribution in [0.4, 0.5) is 0 Å². The summed E-state index contributed by atoms with van der Waals surface area (Å²) in [4.78, 5) is 4.37. The Kier molecular flexibility index (Phi) is 2.84. The van der Waals surface area contributed by atoms with E-state index in [1.54, 1.807) is 7.11 Å². The highest BCUT2D eigenvalue weighted by molar-refractivity contribution is 5.10. The highest BCUT2D eigenvalue weighted by Crippen LogP contribution is 2.37. The summed E-state index contributed by atoms with van der Waals surface area (Å²) >= 11 is 0. The second-order valence-electron chi connectivity index (χ2n) is 3.74. The lowest BCUT2D eigenvalue weighted by molar-refractivity contribution is 0.174. The maximum atomic E-state index is 5.56. The van der Waals surface area contributed by atoms with Gasteiger partial charge in [-0.2, -0.15) is 0 Å². The standard InChI is InChI=1S/C10H17N3O/c1-14-7-10-12-6-9(4-5-11)13(10)8-2-3-8/h6,8H,2-5,7,11H2,1H3. The van der Waals surface area contributed by atoms with Gasteiger partial charge in [-0.05, 0) is 19.4 Å². The van der Waals surface area contributed by atoms with E-state index in [9.17, 15) is 0 Å². The van der Waals surface area contributed by atoms with Crippen molar-refractivity contribution in [2.75, 3.05) is 13.7 Å². The van der Waals surface area contributed by atoms with Crippen LogP contribution in [0.25, 0.3) is 0 Å². The van der Waals surface area contributed by atoms with Gasteiger partial charge < -0.3 is 15.0 Å². The lowest BCUT2D eigenvalue weighted by Crippen LogP contribution is -2.10. The summed E-state index contributed by atoms with van der Waals surface area (Å²) in [7, 11) is 1.70. The summed E-state index contributed by atoms with van der Waals surface area (Å²) in [5.41, 5.74) is 6.81. The van der Waals surface area contributed by atoms with Crippen LogP contribution in [0.5, 0.6) is 0 Å². The van der Waals surface area contributed by atoms with Crippen molar-refractivity contribution in [2.45, 2.75) is 31.9 Å². The number of rotatable bonds is 5. The molecule has 14 heavy (non-hydrogen) atoms. The van der Waals surface area contributed by atoms with Crippen LogP contribution in [0.1, 0.15) is 30.4 Å². The summed E-state index contributed by atoms with van der Waals surface area (Å²) in [6.45, 7) is 1.28. The molecule has 0 saturated heterocycles. The third-order valence-corrected chi connectivity index (χ3v) is 2.54. The fourth-order valence-electron chi connectivity index (χ4n) is 1.79. The SMILES string of the molecule is COCc1ncc(CCN)n1C1CC1. The number of nitrogens with two attached hydrogens (primary N) is 1. The van der Waals surface area contributed by atoms with E-state index in [0.717, 1.165) is 12.2 Å². The molecule has 0 atom stereocenters. The van der Waals surface area contributed by atoms with Crippen LogP contribution in [0.3, 0.4) is 0 Å². The van der Waals surface area contributed by atoms with Crippen molar-refractivity contribution < 1.29 is 4.74 Å². The second kappa shape index (κ2) is 4.11. The number of hydrogen-bond acceptors (Lipinski definition) is 3. The highest BCUT2D eigenvalue weighted by atomic mass is 16.5.